The van der Waals surface area contributed by atoms with Crippen molar-refractivity contribution in [2.24, 2.45) is 0 Å². The third kappa shape index (κ3) is 10.7. The summed E-state index contributed by atoms with van der Waals surface area (Å²) in [5, 5.41) is 42.4. The molecule has 2 aliphatic heterocycles. The van der Waals surface area contributed by atoms with E-state index in [1.807, 2.05) is 46.2 Å². The van der Waals surface area contributed by atoms with Crippen LogP contribution in [0.3, 0.4) is 0 Å². The van der Waals surface area contributed by atoms with Crippen molar-refractivity contribution in [2.75, 3.05) is 52.4 Å². The lowest BCUT2D eigenvalue weighted by Gasteiger charge is -2.27. The van der Waals surface area contributed by atoms with E-state index >= 15 is 0 Å². The molecule has 2 fully saturated rings. The van der Waals surface area contributed by atoms with Gasteiger partial charge in [0.15, 0.2) is 11.3 Å². The number of phenols is 2. The molecule has 14 nitrogen and oxygen atoms in total. The number of aryl methyl sites for hydroxylation is 1. The number of aromatic hydroxyl groups is 2. The molecule has 14 heteroatoms. The van der Waals surface area contributed by atoms with Crippen molar-refractivity contribution in [2.45, 2.75) is 39.5 Å². The van der Waals surface area contributed by atoms with Crippen LogP contribution >= 0.6 is 0 Å². The number of carbonyl (C=O) groups is 2. The number of aromatic nitrogens is 6. The van der Waals surface area contributed by atoms with Gasteiger partial charge < -0.3 is 30.6 Å². The Bertz CT molecular complexity index is 3170. The van der Waals surface area contributed by atoms with Crippen LogP contribution < -0.4 is 10.6 Å². The summed E-state index contributed by atoms with van der Waals surface area (Å²) in [4.78, 5) is 40.5. The zero-order chi connectivity index (χ0) is 48.8. The van der Waals surface area contributed by atoms with E-state index in [9.17, 15) is 19.8 Å². The molecule has 0 radical (unpaired) electrons. The quantitative estimate of drug-likeness (QED) is 0.0816. The van der Waals surface area contributed by atoms with Gasteiger partial charge in [0.05, 0.1) is 44.7 Å². The number of nitrogens with one attached hydrogen (secondary N) is 4. The number of rotatable bonds is 9. The van der Waals surface area contributed by atoms with Crippen molar-refractivity contribution in [3.05, 3.63) is 154 Å². The largest absolute Gasteiger partial charge is 0.508 e. The third-order valence-corrected chi connectivity index (χ3v) is 12.7. The van der Waals surface area contributed by atoms with Crippen LogP contribution in [0.4, 0.5) is 0 Å². The highest BCUT2D eigenvalue weighted by atomic mass is 16.3. The molecule has 8 aromatic rings. The van der Waals surface area contributed by atoms with Gasteiger partial charge in [0.25, 0.3) is 11.8 Å². The van der Waals surface area contributed by atoms with Crippen LogP contribution in [0.25, 0.3) is 68.9 Å². The van der Waals surface area contributed by atoms with Crippen LogP contribution in [0.15, 0.2) is 109 Å². The molecule has 4 aromatic carbocycles. The summed E-state index contributed by atoms with van der Waals surface area (Å²) in [5.74, 6) is 0.302. The number of hydrogen-bond donors (Lipinski definition) is 6. The molecule has 0 aliphatic carbocycles. The summed E-state index contributed by atoms with van der Waals surface area (Å²) in [6.07, 6.45) is 8.87. The van der Waals surface area contributed by atoms with Gasteiger partial charge in [-0.1, -0.05) is 88.4 Å². The van der Waals surface area contributed by atoms with E-state index in [4.69, 9.17) is 9.97 Å². The first-order valence-electron chi connectivity index (χ1n) is 23.8. The number of phenolic OH excluding ortho intramolecular Hbond substituents is 2. The summed E-state index contributed by atoms with van der Waals surface area (Å²) in [5.41, 5.74) is 11.3. The maximum absolute atomic E-state index is 13.7. The second-order valence-electron chi connectivity index (χ2n) is 18.6. The Balaban J connectivity index is 0.000000174. The fourth-order valence-electron chi connectivity index (χ4n) is 8.63. The molecule has 10 rings (SSSR count). The molecule has 356 valence electrons. The zero-order valence-corrected chi connectivity index (χ0v) is 40.0. The molecule has 2 saturated heterocycles. The number of hydrogen-bond acceptors (Lipinski definition) is 10. The first-order valence-corrected chi connectivity index (χ1v) is 23.8. The van der Waals surface area contributed by atoms with Gasteiger partial charge in [-0.2, -0.15) is 10.2 Å². The van der Waals surface area contributed by atoms with Crippen molar-refractivity contribution in [3.63, 3.8) is 0 Å². The maximum atomic E-state index is 13.7. The number of amides is 2. The number of carbonyl (C=O) groups excluding carboxylic acids is 2. The third-order valence-electron chi connectivity index (χ3n) is 12.7. The normalized spacial score (nSPS) is 14.4. The topological polar surface area (TPSA) is 188 Å². The Labute approximate surface area is 407 Å². The second kappa shape index (κ2) is 20.7. The molecule has 6 N–H and O–H groups in total. The molecule has 70 heavy (non-hydrogen) atoms. The Hall–Kier alpha value is -7.94. The summed E-state index contributed by atoms with van der Waals surface area (Å²) in [6.45, 7) is 14.4. The van der Waals surface area contributed by atoms with Crippen molar-refractivity contribution in [1.82, 2.24) is 50.8 Å². The van der Waals surface area contributed by atoms with Gasteiger partial charge >= 0.3 is 0 Å². The Kier molecular flexibility index (Phi) is 14.0. The van der Waals surface area contributed by atoms with Gasteiger partial charge in [0, 0.05) is 63.5 Å². The molecular weight excluding hydrogens is 877 g/mol. The first-order chi connectivity index (χ1) is 33.9. The lowest BCUT2D eigenvalue weighted by atomic mass is 9.87. The van der Waals surface area contributed by atoms with Gasteiger partial charge in [-0.3, -0.25) is 19.8 Å². The van der Waals surface area contributed by atoms with Gasteiger partial charge in [0.1, 0.15) is 11.5 Å². The zero-order valence-electron chi connectivity index (χ0n) is 40.0. The fourth-order valence-corrected chi connectivity index (χ4v) is 8.63. The van der Waals surface area contributed by atoms with Crippen LogP contribution in [-0.2, 0) is 11.8 Å². The van der Waals surface area contributed by atoms with E-state index in [-0.39, 0.29) is 28.7 Å². The molecule has 6 heterocycles. The molecule has 2 aliphatic rings. The SMILES string of the molecule is CC(C)(C)c1ccc(/C=C/c2n[nH]c3nc(-c4ccc(O)cc4)cc(C(=O)N4CCNCC4)c23)cc1.CCc1ccc(/C=C/c2n[nH]c3nc(-c4ccc(O)cc4)cc(C(=O)N4CCNCC4)c23)cc1. The van der Waals surface area contributed by atoms with Crippen LogP contribution in [0.1, 0.15) is 82.1 Å². The highest BCUT2D eigenvalue weighted by Crippen LogP contribution is 2.31. The minimum Gasteiger partial charge on any atom is -0.508 e. The number of nitrogens with zero attached hydrogens (tertiary/aromatic N) is 6. The van der Waals surface area contributed by atoms with Crippen LogP contribution in [0.2, 0.25) is 0 Å². The van der Waals surface area contributed by atoms with Crippen LogP contribution in [0, 0.1) is 0 Å². The average Bonchev–Trinajstić information content (AvgIpc) is 4.01. The summed E-state index contributed by atoms with van der Waals surface area (Å²) in [7, 11) is 0. The van der Waals surface area contributed by atoms with Crippen LogP contribution in [0.5, 0.6) is 11.5 Å². The van der Waals surface area contributed by atoms with Gasteiger partial charge in [-0.15, -0.1) is 0 Å². The Morgan fingerprint density at radius 2 is 0.971 bits per heavy atom. The van der Waals surface area contributed by atoms with Crippen molar-refractivity contribution >= 4 is 58.2 Å². The number of H-pyrrole nitrogens is 2. The molecule has 0 unspecified atom stereocenters. The standard InChI is InChI=1S/C29H31N5O2.C27H27N5O2/c1-29(2,3)21-9-4-19(5-10-21)6-13-24-26-23(28(36)34-16-14-30-15-17-34)18-25(31-27(26)33-32-24)20-7-11-22(35)12-8-20;1-2-18-3-5-19(6-4-18)7-12-23-25-22(27(34)32-15-13-28-14-16-32)17-24(29-26(25)31-30-23)20-8-10-21(33)11-9-20/h4-13,18,30,35H,14-17H2,1-3H3,(H,31,32,33);3-12,17,28,33H,2,13-16H2,1H3,(H,29,30,31)/b13-6+;12-7+. The molecular formula is C56H58N10O4. The number of fused-ring (bicyclic) bond motifs is 2. The summed E-state index contributed by atoms with van der Waals surface area (Å²) < 4.78 is 0. The van der Waals surface area contributed by atoms with E-state index in [0.29, 0.717) is 82.1 Å². The molecule has 4 aromatic heterocycles. The number of piperazine rings is 2. The lowest BCUT2D eigenvalue weighted by molar-refractivity contribution is 0.0730. The summed E-state index contributed by atoms with van der Waals surface area (Å²) >= 11 is 0. The highest BCUT2D eigenvalue weighted by molar-refractivity contribution is 6.10. The molecule has 0 bridgehead atoms. The van der Waals surface area contributed by atoms with E-state index < -0.39 is 0 Å². The second-order valence-corrected chi connectivity index (χ2v) is 18.6. The van der Waals surface area contributed by atoms with Crippen molar-refractivity contribution < 1.29 is 19.8 Å². The predicted molar refractivity (Wildman–Crippen MR) is 278 cm³/mol. The number of aromatic amines is 2. The molecule has 0 saturated carbocycles. The fraction of sp³-hybridized carbons (Fsp3) is 0.250. The maximum Gasteiger partial charge on any atom is 0.254 e. The lowest BCUT2D eigenvalue weighted by Crippen LogP contribution is -2.46. The summed E-state index contributed by atoms with van der Waals surface area (Å²) in [6, 6.07) is 34.2. The average molecular weight is 935 g/mol. The monoisotopic (exact) mass is 934 g/mol. The van der Waals surface area contributed by atoms with Crippen molar-refractivity contribution in [1.29, 1.82) is 0 Å². The van der Waals surface area contributed by atoms with Gasteiger partial charge in [0.2, 0.25) is 0 Å². The molecule has 0 spiro atoms. The van der Waals surface area contributed by atoms with E-state index in [1.54, 1.807) is 48.5 Å². The highest BCUT2D eigenvalue weighted by Gasteiger charge is 2.26. The number of pyridine rings is 2. The number of benzene rings is 4. The minimum atomic E-state index is -0.0329. The van der Waals surface area contributed by atoms with E-state index in [2.05, 4.69) is 107 Å². The minimum absolute atomic E-state index is 0.0303. The Morgan fingerprint density at radius 3 is 1.36 bits per heavy atom. The predicted octanol–water partition coefficient (Wildman–Crippen LogP) is 8.95. The first kappa shape index (κ1) is 47.1. The van der Waals surface area contributed by atoms with E-state index in [1.165, 1.54) is 11.1 Å². The Morgan fingerprint density at radius 1 is 0.571 bits per heavy atom. The van der Waals surface area contributed by atoms with Gasteiger partial charge in [-0.25, -0.2) is 9.97 Å². The van der Waals surface area contributed by atoms with Gasteiger partial charge in [-0.05, 0) is 107 Å². The molecule has 2 amide bonds. The molecule has 0 atom stereocenters. The van der Waals surface area contributed by atoms with Crippen LogP contribution in [-0.4, -0.2) is 115 Å². The smallest absolute Gasteiger partial charge is 0.254 e. The van der Waals surface area contributed by atoms with Crippen molar-refractivity contribution in [3.8, 4) is 34.0 Å². The van der Waals surface area contributed by atoms with E-state index in [0.717, 1.165) is 54.9 Å².